The van der Waals surface area contributed by atoms with Crippen LogP contribution in [0, 0.1) is 6.92 Å². The van der Waals surface area contributed by atoms with Crippen molar-refractivity contribution in [1.82, 2.24) is 0 Å². The van der Waals surface area contributed by atoms with E-state index in [-0.39, 0.29) is 0 Å². The van der Waals surface area contributed by atoms with Crippen molar-refractivity contribution in [2.45, 2.75) is 20.3 Å². The SMILES string of the molecule is CCCOc1ccc(NC(=S)Nc2cccc(C)c2)cc1. The van der Waals surface area contributed by atoms with E-state index in [0.29, 0.717) is 5.11 Å². The van der Waals surface area contributed by atoms with Gasteiger partial charge in [-0.3, -0.25) is 0 Å². The Morgan fingerprint density at radius 3 is 2.43 bits per heavy atom. The van der Waals surface area contributed by atoms with Gasteiger partial charge in [-0.1, -0.05) is 19.1 Å². The van der Waals surface area contributed by atoms with E-state index in [1.165, 1.54) is 5.56 Å². The Bertz CT molecular complexity index is 596. The molecule has 110 valence electrons. The quantitative estimate of drug-likeness (QED) is 0.791. The summed E-state index contributed by atoms with van der Waals surface area (Å²) >= 11 is 5.31. The van der Waals surface area contributed by atoms with Crippen LogP contribution in [0.2, 0.25) is 0 Å². The van der Waals surface area contributed by atoms with Crippen molar-refractivity contribution in [2.75, 3.05) is 17.2 Å². The van der Waals surface area contributed by atoms with E-state index < -0.39 is 0 Å². The van der Waals surface area contributed by atoms with Gasteiger partial charge in [0.25, 0.3) is 0 Å². The second-order valence-electron chi connectivity index (χ2n) is 4.82. The first-order valence-corrected chi connectivity index (χ1v) is 7.46. The summed E-state index contributed by atoms with van der Waals surface area (Å²) in [6.45, 7) is 4.88. The highest BCUT2D eigenvalue weighted by Crippen LogP contribution is 2.16. The summed E-state index contributed by atoms with van der Waals surface area (Å²) in [5.74, 6) is 0.875. The lowest BCUT2D eigenvalue weighted by Gasteiger charge is -2.11. The van der Waals surface area contributed by atoms with Crippen LogP contribution in [-0.4, -0.2) is 11.7 Å². The topological polar surface area (TPSA) is 33.3 Å². The molecule has 3 nitrogen and oxygen atoms in total. The van der Waals surface area contributed by atoms with E-state index in [0.717, 1.165) is 30.2 Å². The van der Waals surface area contributed by atoms with Gasteiger partial charge >= 0.3 is 0 Å². The molecule has 2 N–H and O–H groups in total. The summed E-state index contributed by atoms with van der Waals surface area (Å²) in [4.78, 5) is 0. The molecule has 0 heterocycles. The monoisotopic (exact) mass is 300 g/mol. The van der Waals surface area contributed by atoms with Crippen molar-refractivity contribution >= 4 is 28.7 Å². The Labute approximate surface area is 131 Å². The third kappa shape index (κ3) is 5.08. The summed E-state index contributed by atoms with van der Waals surface area (Å²) in [5, 5.41) is 6.90. The minimum Gasteiger partial charge on any atom is -0.494 e. The van der Waals surface area contributed by atoms with Gasteiger partial charge in [0.15, 0.2) is 5.11 Å². The smallest absolute Gasteiger partial charge is 0.175 e. The molecule has 2 aromatic rings. The Morgan fingerprint density at radius 2 is 1.76 bits per heavy atom. The van der Waals surface area contributed by atoms with Crippen LogP contribution < -0.4 is 15.4 Å². The average Bonchev–Trinajstić information content (AvgIpc) is 2.46. The van der Waals surface area contributed by atoms with Crippen LogP contribution in [0.15, 0.2) is 48.5 Å². The zero-order valence-electron chi connectivity index (χ0n) is 12.3. The predicted molar refractivity (Wildman–Crippen MR) is 93.3 cm³/mol. The van der Waals surface area contributed by atoms with Crippen LogP contribution >= 0.6 is 12.2 Å². The third-order valence-corrected chi connectivity index (χ3v) is 3.07. The molecule has 0 saturated heterocycles. The van der Waals surface area contributed by atoms with Crippen LogP contribution in [0.25, 0.3) is 0 Å². The lowest BCUT2D eigenvalue weighted by molar-refractivity contribution is 0.317. The molecule has 0 spiro atoms. The summed E-state index contributed by atoms with van der Waals surface area (Å²) in [7, 11) is 0. The Kier molecular flexibility index (Phi) is 5.58. The van der Waals surface area contributed by atoms with Crippen LogP contribution in [0.1, 0.15) is 18.9 Å². The largest absolute Gasteiger partial charge is 0.494 e. The molecule has 4 heteroatoms. The molecule has 0 aliphatic carbocycles. The van der Waals surface area contributed by atoms with Crippen molar-refractivity contribution in [2.24, 2.45) is 0 Å². The Hall–Kier alpha value is -2.07. The van der Waals surface area contributed by atoms with E-state index in [1.807, 2.05) is 36.4 Å². The fourth-order valence-corrected chi connectivity index (χ4v) is 2.11. The van der Waals surface area contributed by atoms with Crippen molar-refractivity contribution < 1.29 is 4.74 Å². The van der Waals surface area contributed by atoms with Crippen LogP contribution in [-0.2, 0) is 0 Å². The van der Waals surface area contributed by atoms with Gasteiger partial charge in [0.1, 0.15) is 5.75 Å². The van der Waals surface area contributed by atoms with Gasteiger partial charge in [-0.2, -0.15) is 0 Å². The van der Waals surface area contributed by atoms with Crippen LogP contribution in [0.4, 0.5) is 11.4 Å². The number of benzene rings is 2. The summed E-state index contributed by atoms with van der Waals surface area (Å²) < 4.78 is 5.55. The molecule has 0 bridgehead atoms. The first-order chi connectivity index (χ1) is 10.2. The van der Waals surface area contributed by atoms with Crippen LogP contribution in [0.5, 0.6) is 5.75 Å². The number of nitrogens with one attached hydrogen (secondary N) is 2. The van der Waals surface area contributed by atoms with Gasteiger partial charge < -0.3 is 15.4 Å². The average molecular weight is 300 g/mol. The zero-order valence-corrected chi connectivity index (χ0v) is 13.2. The normalized spacial score (nSPS) is 10.0. The second kappa shape index (κ2) is 7.64. The molecule has 0 aromatic heterocycles. The molecule has 0 amide bonds. The molecule has 0 aliphatic rings. The fraction of sp³-hybridized carbons (Fsp3) is 0.235. The van der Waals surface area contributed by atoms with E-state index in [9.17, 15) is 0 Å². The first kappa shape index (κ1) is 15.3. The molecule has 21 heavy (non-hydrogen) atoms. The van der Waals surface area contributed by atoms with Gasteiger partial charge in [-0.25, -0.2) is 0 Å². The van der Waals surface area contributed by atoms with Crippen LogP contribution in [0.3, 0.4) is 0 Å². The number of hydrogen-bond donors (Lipinski definition) is 2. The second-order valence-corrected chi connectivity index (χ2v) is 5.23. The lowest BCUT2D eigenvalue weighted by atomic mass is 10.2. The van der Waals surface area contributed by atoms with Crippen molar-refractivity contribution in [1.29, 1.82) is 0 Å². The number of thiocarbonyl (C=S) groups is 1. The standard InChI is InChI=1S/C17H20N2OS/c1-3-11-20-16-9-7-14(8-10-16)18-17(21)19-15-6-4-5-13(2)12-15/h4-10,12H,3,11H2,1-2H3,(H2,18,19,21). The molecule has 0 fully saturated rings. The van der Waals surface area contributed by atoms with Gasteiger partial charge in [0.05, 0.1) is 6.61 Å². The first-order valence-electron chi connectivity index (χ1n) is 7.05. The van der Waals surface area contributed by atoms with E-state index >= 15 is 0 Å². The Balaban J connectivity index is 1.90. The molecular formula is C17H20N2OS. The highest BCUT2D eigenvalue weighted by atomic mass is 32.1. The number of rotatable bonds is 5. The number of aryl methyl sites for hydroxylation is 1. The molecule has 2 aromatic carbocycles. The number of hydrogen-bond acceptors (Lipinski definition) is 2. The van der Waals surface area contributed by atoms with E-state index in [1.54, 1.807) is 0 Å². The minimum atomic E-state index is 0.572. The molecular weight excluding hydrogens is 280 g/mol. The Morgan fingerprint density at radius 1 is 1.05 bits per heavy atom. The van der Waals surface area contributed by atoms with E-state index in [4.69, 9.17) is 17.0 Å². The maximum Gasteiger partial charge on any atom is 0.175 e. The third-order valence-electron chi connectivity index (χ3n) is 2.86. The maximum absolute atomic E-state index is 5.55. The number of anilines is 2. The fourth-order valence-electron chi connectivity index (χ4n) is 1.87. The highest BCUT2D eigenvalue weighted by Gasteiger charge is 2.00. The summed E-state index contributed by atoms with van der Waals surface area (Å²) in [5.41, 5.74) is 3.11. The molecule has 0 saturated carbocycles. The van der Waals surface area contributed by atoms with Crippen molar-refractivity contribution in [3.8, 4) is 5.75 Å². The number of ether oxygens (including phenoxy) is 1. The zero-order chi connectivity index (χ0) is 15.1. The molecule has 0 radical (unpaired) electrons. The maximum atomic E-state index is 5.55. The van der Waals surface area contributed by atoms with Crippen molar-refractivity contribution in [3.05, 3.63) is 54.1 Å². The van der Waals surface area contributed by atoms with Gasteiger partial charge in [-0.05, 0) is 67.5 Å². The van der Waals surface area contributed by atoms with Gasteiger partial charge in [0, 0.05) is 11.4 Å². The molecule has 2 rings (SSSR count). The minimum absolute atomic E-state index is 0.572. The highest BCUT2D eigenvalue weighted by molar-refractivity contribution is 7.80. The van der Waals surface area contributed by atoms with E-state index in [2.05, 4.69) is 36.6 Å². The summed E-state index contributed by atoms with van der Waals surface area (Å²) in [6, 6.07) is 15.9. The predicted octanol–water partition coefficient (Wildman–Crippen LogP) is 4.59. The van der Waals surface area contributed by atoms with Gasteiger partial charge in [-0.15, -0.1) is 0 Å². The molecule has 0 atom stereocenters. The van der Waals surface area contributed by atoms with Crippen molar-refractivity contribution in [3.63, 3.8) is 0 Å². The lowest BCUT2D eigenvalue weighted by Crippen LogP contribution is -2.18. The molecule has 0 unspecified atom stereocenters. The molecule has 0 aliphatic heterocycles. The van der Waals surface area contributed by atoms with Gasteiger partial charge in [0.2, 0.25) is 0 Å². The summed E-state index contributed by atoms with van der Waals surface area (Å²) in [6.07, 6.45) is 1.00.